The molecule has 166 valence electrons. The van der Waals surface area contributed by atoms with E-state index in [0.717, 1.165) is 29.4 Å². The van der Waals surface area contributed by atoms with E-state index in [4.69, 9.17) is 4.74 Å². The van der Waals surface area contributed by atoms with Crippen LogP contribution in [0.3, 0.4) is 0 Å². The quantitative estimate of drug-likeness (QED) is 0.599. The number of ether oxygens (including phenoxy) is 1. The number of benzene rings is 3. The number of fused-ring (bicyclic) bond motifs is 1. The summed E-state index contributed by atoms with van der Waals surface area (Å²) in [6, 6.07) is 19.5. The highest BCUT2D eigenvalue weighted by molar-refractivity contribution is 6.00. The number of carbonyl (C=O) groups is 2. The number of nitrogens with zero attached hydrogens (tertiary/aromatic N) is 1. The van der Waals surface area contributed by atoms with E-state index in [-0.39, 0.29) is 30.2 Å². The van der Waals surface area contributed by atoms with Gasteiger partial charge in [0.15, 0.2) is 0 Å². The van der Waals surface area contributed by atoms with Crippen LogP contribution in [0.4, 0.5) is 4.39 Å². The van der Waals surface area contributed by atoms with Crippen molar-refractivity contribution in [3.63, 3.8) is 0 Å². The summed E-state index contributed by atoms with van der Waals surface area (Å²) in [5, 5.41) is 7.60. The first-order valence-corrected chi connectivity index (χ1v) is 10.7. The minimum atomic E-state index is -0.297. The normalized spacial score (nSPS) is 15.3. The molecule has 0 spiro atoms. The number of amides is 2. The van der Waals surface area contributed by atoms with Crippen molar-refractivity contribution in [1.29, 1.82) is 0 Å². The van der Waals surface area contributed by atoms with E-state index in [1.165, 1.54) is 12.1 Å². The van der Waals surface area contributed by atoms with Gasteiger partial charge in [-0.15, -0.1) is 0 Å². The third kappa shape index (κ3) is 5.49. The summed E-state index contributed by atoms with van der Waals surface area (Å²) in [6.07, 6.45) is 0. The Kier molecular flexibility index (Phi) is 7.09. The van der Waals surface area contributed by atoms with Crippen LogP contribution in [-0.4, -0.2) is 56.1 Å². The van der Waals surface area contributed by atoms with E-state index in [1.807, 2.05) is 36.4 Å². The SMILES string of the molecule is O=C(CNC(=O)c1ccc2ccccc2c1)NCC(c1ccc(F)cc1)N1CCOCC1. The van der Waals surface area contributed by atoms with Gasteiger partial charge in [-0.2, -0.15) is 0 Å². The lowest BCUT2D eigenvalue weighted by Gasteiger charge is -2.35. The molecule has 0 bridgehead atoms. The molecule has 1 atom stereocenters. The van der Waals surface area contributed by atoms with E-state index in [0.29, 0.717) is 25.3 Å². The van der Waals surface area contributed by atoms with Crippen molar-refractivity contribution in [2.75, 3.05) is 39.4 Å². The first-order chi connectivity index (χ1) is 15.6. The Hall–Kier alpha value is -3.29. The Balaban J connectivity index is 1.34. The van der Waals surface area contributed by atoms with E-state index >= 15 is 0 Å². The molecule has 6 nitrogen and oxygen atoms in total. The van der Waals surface area contributed by atoms with Crippen LogP contribution in [0, 0.1) is 5.82 Å². The lowest BCUT2D eigenvalue weighted by Crippen LogP contribution is -2.45. The smallest absolute Gasteiger partial charge is 0.251 e. The van der Waals surface area contributed by atoms with Gasteiger partial charge in [-0.05, 0) is 40.6 Å². The fourth-order valence-electron chi connectivity index (χ4n) is 3.90. The van der Waals surface area contributed by atoms with Gasteiger partial charge in [0.05, 0.1) is 25.8 Å². The summed E-state index contributed by atoms with van der Waals surface area (Å²) in [4.78, 5) is 27.1. The van der Waals surface area contributed by atoms with Crippen molar-refractivity contribution in [1.82, 2.24) is 15.5 Å². The van der Waals surface area contributed by atoms with Gasteiger partial charge in [-0.3, -0.25) is 14.5 Å². The number of halogens is 1. The molecule has 1 fully saturated rings. The summed E-state index contributed by atoms with van der Waals surface area (Å²) >= 11 is 0. The predicted molar refractivity (Wildman–Crippen MR) is 121 cm³/mol. The molecule has 0 aliphatic carbocycles. The van der Waals surface area contributed by atoms with Gasteiger partial charge < -0.3 is 15.4 Å². The third-order valence-corrected chi connectivity index (χ3v) is 5.65. The maximum absolute atomic E-state index is 13.4. The first kappa shape index (κ1) is 21.9. The van der Waals surface area contributed by atoms with Crippen LogP contribution in [0.1, 0.15) is 22.0 Å². The summed E-state index contributed by atoms with van der Waals surface area (Å²) in [6.45, 7) is 2.94. The van der Waals surface area contributed by atoms with E-state index in [1.54, 1.807) is 18.2 Å². The Labute approximate surface area is 186 Å². The standard InChI is InChI=1S/C25H26FN3O3/c26-22-9-7-19(8-10-22)23(29-11-13-32-14-12-29)16-27-24(30)17-28-25(31)21-6-5-18-3-1-2-4-20(18)15-21/h1-10,15,23H,11-14,16-17H2,(H,27,30)(H,28,31). The van der Waals surface area contributed by atoms with Crippen molar-refractivity contribution in [2.45, 2.75) is 6.04 Å². The average molecular weight is 435 g/mol. The molecule has 4 rings (SSSR count). The molecule has 3 aromatic carbocycles. The summed E-state index contributed by atoms with van der Waals surface area (Å²) in [7, 11) is 0. The van der Waals surface area contributed by atoms with Gasteiger partial charge in [-0.25, -0.2) is 4.39 Å². The summed E-state index contributed by atoms with van der Waals surface area (Å²) in [5.74, 6) is -0.872. The Morgan fingerprint density at radius 1 is 0.938 bits per heavy atom. The maximum atomic E-state index is 13.4. The van der Waals surface area contributed by atoms with E-state index < -0.39 is 0 Å². The fourth-order valence-corrected chi connectivity index (χ4v) is 3.90. The highest BCUT2D eigenvalue weighted by Gasteiger charge is 2.23. The predicted octanol–water partition coefficient (Wildman–Crippen LogP) is 2.90. The minimum absolute atomic E-state index is 0.0976. The number of rotatable bonds is 7. The van der Waals surface area contributed by atoms with E-state index in [2.05, 4.69) is 15.5 Å². The Bertz CT molecular complexity index is 1080. The van der Waals surface area contributed by atoms with Crippen molar-refractivity contribution < 1.29 is 18.7 Å². The van der Waals surface area contributed by atoms with Gasteiger partial charge in [0, 0.05) is 25.2 Å². The molecule has 0 radical (unpaired) electrons. The molecule has 1 saturated heterocycles. The zero-order valence-corrected chi connectivity index (χ0v) is 17.7. The molecule has 0 aromatic heterocycles. The van der Waals surface area contributed by atoms with Crippen molar-refractivity contribution in [2.24, 2.45) is 0 Å². The number of carbonyl (C=O) groups excluding carboxylic acids is 2. The second kappa shape index (κ2) is 10.3. The molecule has 2 amide bonds. The molecule has 1 unspecified atom stereocenters. The van der Waals surface area contributed by atoms with Crippen LogP contribution in [0.25, 0.3) is 10.8 Å². The van der Waals surface area contributed by atoms with Crippen LogP contribution in [0.5, 0.6) is 0 Å². The topological polar surface area (TPSA) is 70.7 Å². The second-order valence-electron chi connectivity index (χ2n) is 7.76. The maximum Gasteiger partial charge on any atom is 0.251 e. The molecule has 0 saturated carbocycles. The molecular weight excluding hydrogens is 409 g/mol. The Morgan fingerprint density at radius 2 is 1.66 bits per heavy atom. The molecule has 1 aliphatic rings. The van der Waals surface area contributed by atoms with Gasteiger partial charge >= 0.3 is 0 Å². The largest absolute Gasteiger partial charge is 0.379 e. The second-order valence-corrected chi connectivity index (χ2v) is 7.76. The van der Waals surface area contributed by atoms with Crippen LogP contribution >= 0.6 is 0 Å². The summed E-state index contributed by atoms with van der Waals surface area (Å²) < 4.78 is 18.8. The van der Waals surface area contributed by atoms with Crippen molar-refractivity contribution in [3.05, 3.63) is 83.7 Å². The molecular formula is C25H26FN3O3. The fraction of sp³-hybridized carbons (Fsp3) is 0.280. The lowest BCUT2D eigenvalue weighted by molar-refractivity contribution is -0.120. The van der Waals surface area contributed by atoms with Crippen LogP contribution < -0.4 is 10.6 Å². The molecule has 1 aliphatic heterocycles. The van der Waals surface area contributed by atoms with Crippen LogP contribution in [-0.2, 0) is 9.53 Å². The van der Waals surface area contributed by atoms with E-state index in [9.17, 15) is 14.0 Å². The average Bonchev–Trinajstić information content (AvgIpc) is 2.84. The molecule has 1 heterocycles. The number of nitrogens with one attached hydrogen (secondary N) is 2. The van der Waals surface area contributed by atoms with Crippen molar-refractivity contribution in [3.8, 4) is 0 Å². The summed E-state index contributed by atoms with van der Waals surface area (Å²) in [5.41, 5.74) is 1.43. The van der Waals surface area contributed by atoms with Gasteiger partial charge in [0.2, 0.25) is 5.91 Å². The van der Waals surface area contributed by atoms with Crippen LogP contribution in [0.2, 0.25) is 0 Å². The molecule has 3 aromatic rings. The lowest BCUT2D eigenvalue weighted by atomic mass is 10.0. The van der Waals surface area contributed by atoms with Gasteiger partial charge in [0.1, 0.15) is 5.82 Å². The number of hydrogen-bond acceptors (Lipinski definition) is 4. The van der Waals surface area contributed by atoms with Crippen LogP contribution in [0.15, 0.2) is 66.7 Å². The third-order valence-electron chi connectivity index (χ3n) is 5.65. The molecule has 7 heteroatoms. The molecule has 32 heavy (non-hydrogen) atoms. The highest BCUT2D eigenvalue weighted by atomic mass is 19.1. The highest BCUT2D eigenvalue weighted by Crippen LogP contribution is 2.21. The zero-order valence-electron chi connectivity index (χ0n) is 17.7. The molecule has 2 N–H and O–H groups in total. The minimum Gasteiger partial charge on any atom is -0.379 e. The van der Waals surface area contributed by atoms with Gasteiger partial charge in [-0.1, -0.05) is 42.5 Å². The number of morpholine rings is 1. The Morgan fingerprint density at radius 3 is 2.41 bits per heavy atom. The zero-order chi connectivity index (χ0) is 22.3. The van der Waals surface area contributed by atoms with Crippen molar-refractivity contribution >= 4 is 22.6 Å². The monoisotopic (exact) mass is 435 g/mol. The first-order valence-electron chi connectivity index (χ1n) is 10.7. The number of hydrogen-bond donors (Lipinski definition) is 2. The van der Waals surface area contributed by atoms with Gasteiger partial charge in [0.25, 0.3) is 5.91 Å².